The first-order valence-corrected chi connectivity index (χ1v) is 10.5. The SMILES string of the molecule is C[C@@H](C(=O)NC(C)(C)C)N(Cc1ccccc1Cl)C(=O)COc1ccc(Br)cc1. The van der Waals surface area contributed by atoms with Gasteiger partial charge in [0.2, 0.25) is 5.91 Å². The third kappa shape index (κ3) is 7.37. The van der Waals surface area contributed by atoms with Crippen LogP contribution in [0.1, 0.15) is 33.3 Å². The predicted molar refractivity (Wildman–Crippen MR) is 119 cm³/mol. The van der Waals surface area contributed by atoms with Gasteiger partial charge in [0.1, 0.15) is 11.8 Å². The average molecular weight is 482 g/mol. The van der Waals surface area contributed by atoms with E-state index >= 15 is 0 Å². The Balaban J connectivity index is 2.18. The van der Waals surface area contributed by atoms with Gasteiger partial charge in [-0.1, -0.05) is 45.7 Å². The third-order valence-electron chi connectivity index (χ3n) is 4.14. The summed E-state index contributed by atoms with van der Waals surface area (Å²) in [5.74, 6) is 0.0389. The molecule has 29 heavy (non-hydrogen) atoms. The Bertz CT molecular complexity index is 850. The Labute approximate surface area is 185 Å². The molecule has 1 N–H and O–H groups in total. The topological polar surface area (TPSA) is 58.6 Å². The molecule has 1 atom stereocenters. The van der Waals surface area contributed by atoms with Gasteiger partial charge in [-0.05, 0) is 63.6 Å². The molecule has 0 saturated heterocycles. The first kappa shape index (κ1) is 23.2. The van der Waals surface area contributed by atoms with Crippen LogP contribution in [0.25, 0.3) is 0 Å². The number of hydrogen-bond acceptors (Lipinski definition) is 3. The molecule has 0 radical (unpaired) electrons. The van der Waals surface area contributed by atoms with Crippen molar-refractivity contribution in [2.45, 2.75) is 45.8 Å². The maximum Gasteiger partial charge on any atom is 0.261 e. The minimum Gasteiger partial charge on any atom is -0.484 e. The molecule has 0 heterocycles. The summed E-state index contributed by atoms with van der Waals surface area (Å²) < 4.78 is 6.55. The van der Waals surface area contributed by atoms with Crippen molar-refractivity contribution in [3.63, 3.8) is 0 Å². The fourth-order valence-corrected chi connectivity index (χ4v) is 3.09. The second kappa shape index (κ2) is 10.1. The Morgan fingerprint density at radius 3 is 2.34 bits per heavy atom. The molecule has 156 valence electrons. The molecule has 2 rings (SSSR count). The third-order valence-corrected chi connectivity index (χ3v) is 5.04. The molecule has 7 heteroatoms. The number of ether oxygens (including phenoxy) is 1. The number of amides is 2. The van der Waals surface area contributed by atoms with Crippen LogP contribution in [0.5, 0.6) is 5.75 Å². The molecule has 0 aliphatic heterocycles. The van der Waals surface area contributed by atoms with Gasteiger partial charge < -0.3 is 15.0 Å². The van der Waals surface area contributed by atoms with E-state index in [2.05, 4.69) is 21.2 Å². The van der Waals surface area contributed by atoms with E-state index in [1.54, 1.807) is 25.1 Å². The number of halogens is 2. The minimum atomic E-state index is -0.688. The Hall–Kier alpha value is -2.05. The smallest absolute Gasteiger partial charge is 0.261 e. The minimum absolute atomic E-state index is 0.181. The van der Waals surface area contributed by atoms with Gasteiger partial charge in [0.05, 0.1) is 0 Å². The fraction of sp³-hybridized carbons (Fsp3) is 0.364. The monoisotopic (exact) mass is 480 g/mol. The first-order valence-electron chi connectivity index (χ1n) is 9.30. The molecule has 0 spiro atoms. The normalized spacial score (nSPS) is 12.2. The van der Waals surface area contributed by atoms with Gasteiger partial charge >= 0.3 is 0 Å². The standard InChI is InChI=1S/C22H26BrClN2O3/c1-15(21(28)25-22(2,3)4)26(13-16-7-5-6-8-19(16)24)20(27)14-29-18-11-9-17(23)10-12-18/h5-12,15H,13-14H2,1-4H3,(H,25,28)/t15-/m0/s1. The second-order valence-electron chi connectivity index (χ2n) is 7.77. The van der Waals surface area contributed by atoms with Crippen LogP contribution in [0.3, 0.4) is 0 Å². The largest absolute Gasteiger partial charge is 0.484 e. The molecule has 2 aromatic rings. The van der Waals surface area contributed by atoms with Gasteiger partial charge in [0.15, 0.2) is 6.61 Å². The number of rotatable bonds is 7. The molecule has 2 aromatic carbocycles. The molecule has 0 saturated carbocycles. The van der Waals surface area contributed by atoms with Crippen molar-refractivity contribution in [1.29, 1.82) is 0 Å². The van der Waals surface area contributed by atoms with E-state index in [-0.39, 0.29) is 25.0 Å². The summed E-state index contributed by atoms with van der Waals surface area (Å²) >= 11 is 9.64. The predicted octanol–water partition coefficient (Wildman–Crippen LogP) is 4.81. The van der Waals surface area contributed by atoms with Crippen LogP contribution in [0.2, 0.25) is 5.02 Å². The van der Waals surface area contributed by atoms with Crippen LogP contribution < -0.4 is 10.1 Å². The summed E-state index contributed by atoms with van der Waals surface area (Å²) in [6, 6.07) is 13.8. The molecule has 0 aliphatic rings. The summed E-state index contributed by atoms with van der Waals surface area (Å²) in [5, 5.41) is 3.47. The summed E-state index contributed by atoms with van der Waals surface area (Å²) in [4.78, 5) is 27.2. The van der Waals surface area contributed by atoms with Crippen LogP contribution >= 0.6 is 27.5 Å². The van der Waals surface area contributed by atoms with Gasteiger partial charge in [-0.25, -0.2) is 0 Å². The second-order valence-corrected chi connectivity index (χ2v) is 9.09. The van der Waals surface area contributed by atoms with Crippen LogP contribution in [0.4, 0.5) is 0 Å². The van der Waals surface area contributed by atoms with Crippen LogP contribution in [0.15, 0.2) is 53.0 Å². The van der Waals surface area contributed by atoms with Crippen molar-refractivity contribution in [3.8, 4) is 5.75 Å². The average Bonchev–Trinajstić information content (AvgIpc) is 2.65. The highest BCUT2D eigenvalue weighted by molar-refractivity contribution is 9.10. The van der Waals surface area contributed by atoms with E-state index in [0.29, 0.717) is 10.8 Å². The molecule has 0 bridgehead atoms. The Morgan fingerprint density at radius 1 is 1.14 bits per heavy atom. The zero-order valence-corrected chi connectivity index (χ0v) is 19.4. The van der Waals surface area contributed by atoms with E-state index in [4.69, 9.17) is 16.3 Å². The molecule has 0 aliphatic carbocycles. The summed E-state index contributed by atoms with van der Waals surface area (Å²) in [5.41, 5.74) is 0.361. The van der Waals surface area contributed by atoms with E-state index in [9.17, 15) is 9.59 Å². The van der Waals surface area contributed by atoms with Crippen molar-refractivity contribution >= 4 is 39.3 Å². The summed E-state index contributed by atoms with van der Waals surface area (Å²) in [6.07, 6.45) is 0. The number of carbonyl (C=O) groups is 2. The van der Waals surface area contributed by atoms with Crippen LogP contribution in [-0.2, 0) is 16.1 Å². The molecular formula is C22H26BrClN2O3. The Morgan fingerprint density at radius 2 is 1.76 bits per heavy atom. The highest BCUT2D eigenvalue weighted by Gasteiger charge is 2.29. The van der Waals surface area contributed by atoms with Crippen molar-refractivity contribution < 1.29 is 14.3 Å². The quantitative estimate of drug-likeness (QED) is 0.617. The molecule has 0 fully saturated rings. The van der Waals surface area contributed by atoms with E-state index in [1.165, 1.54) is 4.90 Å². The lowest BCUT2D eigenvalue weighted by molar-refractivity contribution is -0.142. The van der Waals surface area contributed by atoms with Gasteiger partial charge in [-0.3, -0.25) is 9.59 Å². The Kier molecular flexibility index (Phi) is 8.11. The highest BCUT2D eigenvalue weighted by Crippen LogP contribution is 2.20. The zero-order valence-electron chi connectivity index (χ0n) is 17.0. The summed E-state index contributed by atoms with van der Waals surface area (Å²) in [7, 11) is 0. The fourth-order valence-electron chi connectivity index (χ4n) is 2.63. The molecule has 5 nitrogen and oxygen atoms in total. The van der Waals surface area contributed by atoms with E-state index < -0.39 is 11.6 Å². The van der Waals surface area contributed by atoms with E-state index in [0.717, 1.165) is 10.0 Å². The zero-order chi connectivity index (χ0) is 21.6. The maximum atomic E-state index is 13.0. The van der Waals surface area contributed by atoms with Gasteiger partial charge in [0.25, 0.3) is 5.91 Å². The number of hydrogen-bond donors (Lipinski definition) is 1. The molecule has 0 unspecified atom stereocenters. The van der Waals surface area contributed by atoms with Crippen LogP contribution in [-0.4, -0.2) is 34.9 Å². The van der Waals surface area contributed by atoms with Gasteiger partial charge in [0, 0.05) is 21.6 Å². The summed E-state index contributed by atoms with van der Waals surface area (Å²) in [6.45, 7) is 7.42. The first-order chi connectivity index (χ1) is 13.6. The number of nitrogens with zero attached hydrogens (tertiary/aromatic N) is 1. The number of nitrogens with one attached hydrogen (secondary N) is 1. The van der Waals surface area contributed by atoms with E-state index in [1.807, 2.05) is 51.1 Å². The van der Waals surface area contributed by atoms with Crippen molar-refractivity contribution in [2.24, 2.45) is 0 Å². The van der Waals surface area contributed by atoms with Gasteiger partial charge in [-0.15, -0.1) is 0 Å². The number of carbonyl (C=O) groups excluding carboxylic acids is 2. The lowest BCUT2D eigenvalue weighted by atomic mass is 10.1. The highest BCUT2D eigenvalue weighted by atomic mass is 79.9. The molecule has 0 aromatic heterocycles. The number of benzene rings is 2. The molecule has 2 amide bonds. The van der Waals surface area contributed by atoms with Crippen LogP contribution in [0, 0.1) is 0 Å². The molecular weight excluding hydrogens is 456 g/mol. The van der Waals surface area contributed by atoms with Crippen molar-refractivity contribution in [2.75, 3.05) is 6.61 Å². The van der Waals surface area contributed by atoms with Crippen molar-refractivity contribution in [3.05, 3.63) is 63.6 Å². The maximum absolute atomic E-state index is 13.0. The lowest BCUT2D eigenvalue weighted by Crippen LogP contribution is -2.53. The van der Waals surface area contributed by atoms with Crippen molar-refractivity contribution in [1.82, 2.24) is 10.2 Å². The lowest BCUT2D eigenvalue weighted by Gasteiger charge is -2.31. The van der Waals surface area contributed by atoms with Gasteiger partial charge in [-0.2, -0.15) is 0 Å².